The van der Waals surface area contributed by atoms with E-state index in [0.717, 1.165) is 44.1 Å². The Morgan fingerprint density at radius 3 is 2.35 bits per heavy atom. The lowest BCUT2D eigenvalue weighted by molar-refractivity contribution is -0.301. The summed E-state index contributed by atoms with van der Waals surface area (Å²) in [6.45, 7) is 7.84. The number of esters is 1. The molecule has 0 amide bonds. The summed E-state index contributed by atoms with van der Waals surface area (Å²) in [4.78, 5) is 14.0. The van der Waals surface area contributed by atoms with Gasteiger partial charge in [0.2, 0.25) is 6.29 Å². The number of hydrogen-bond acceptors (Lipinski definition) is 12. The number of carbonyl (C=O) groups excluding carboxylic acids is 1. The molecule has 244 valence electrons. The van der Waals surface area contributed by atoms with Crippen molar-refractivity contribution in [3.8, 4) is 0 Å². The van der Waals surface area contributed by atoms with E-state index in [1.807, 2.05) is 6.92 Å². The molecule has 12 heteroatoms. The van der Waals surface area contributed by atoms with Crippen molar-refractivity contribution in [2.75, 3.05) is 13.2 Å². The second-order valence-electron chi connectivity index (χ2n) is 14.6. The fourth-order valence-electron chi connectivity index (χ4n) is 10.2. The van der Waals surface area contributed by atoms with Gasteiger partial charge in [-0.15, -0.1) is 0 Å². The van der Waals surface area contributed by atoms with Gasteiger partial charge < -0.3 is 54.7 Å². The summed E-state index contributed by atoms with van der Waals surface area (Å²) >= 11 is 0. The van der Waals surface area contributed by atoms with E-state index in [9.17, 15) is 40.5 Å². The van der Waals surface area contributed by atoms with Gasteiger partial charge in [-0.1, -0.05) is 19.9 Å². The summed E-state index contributed by atoms with van der Waals surface area (Å²) in [6.07, 6.45) is -6.48. The molecular weight excluding hydrogens is 564 g/mol. The maximum absolute atomic E-state index is 14.0. The third-order valence-electron chi connectivity index (χ3n) is 12.4. The summed E-state index contributed by atoms with van der Waals surface area (Å²) < 4.78 is 23.4. The van der Waals surface area contributed by atoms with E-state index in [1.54, 1.807) is 0 Å². The van der Waals surface area contributed by atoms with E-state index >= 15 is 0 Å². The quantitative estimate of drug-likeness (QED) is 0.159. The molecule has 7 N–H and O–H groups in total. The largest absolute Gasteiger partial charge is 0.432 e. The van der Waals surface area contributed by atoms with Crippen molar-refractivity contribution in [2.24, 2.45) is 34.0 Å². The van der Waals surface area contributed by atoms with Crippen molar-refractivity contribution in [3.63, 3.8) is 0 Å². The van der Waals surface area contributed by atoms with Crippen LogP contribution in [-0.4, -0.2) is 116 Å². The van der Waals surface area contributed by atoms with Crippen LogP contribution < -0.4 is 0 Å². The van der Waals surface area contributed by atoms with E-state index in [4.69, 9.17) is 18.9 Å². The van der Waals surface area contributed by atoms with Crippen LogP contribution in [0.25, 0.3) is 0 Å². The van der Waals surface area contributed by atoms with Crippen molar-refractivity contribution in [2.45, 2.75) is 127 Å². The molecule has 2 saturated heterocycles. The van der Waals surface area contributed by atoms with Gasteiger partial charge in [0.25, 0.3) is 0 Å². The van der Waals surface area contributed by atoms with Crippen LogP contribution >= 0.6 is 0 Å². The average molecular weight is 613 g/mol. The van der Waals surface area contributed by atoms with E-state index in [1.165, 1.54) is 0 Å². The number of rotatable bonds is 5. The van der Waals surface area contributed by atoms with Crippen LogP contribution in [0.1, 0.15) is 65.2 Å². The molecule has 4 aliphatic carbocycles. The summed E-state index contributed by atoms with van der Waals surface area (Å²) in [7, 11) is 0. The Bertz CT molecular complexity index is 1080. The van der Waals surface area contributed by atoms with Crippen molar-refractivity contribution >= 4 is 5.97 Å². The van der Waals surface area contributed by atoms with Gasteiger partial charge in [-0.25, -0.2) is 0 Å². The second-order valence-corrected chi connectivity index (χ2v) is 14.6. The predicted molar refractivity (Wildman–Crippen MR) is 148 cm³/mol. The van der Waals surface area contributed by atoms with E-state index in [2.05, 4.69) is 13.5 Å². The molecule has 0 radical (unpaired) electrons. The molecule has 12 nitrogen and oxygen atoms in total. The van der Waals surface area contributed by atoms with Crippen molar-refractivity contribution in [3.05, 3.63) is 12.2 Å². The Kier molecular flexibility index (Phi) is 8.32. The van der Waals surface area contributed by atoms with Gasteiger partial charge in [0.1, 0.15) is 42.7 Å². The zero-order valence-electron chi connectivity index (χ0n) is 25.0. The summed E-state index contributed by atoms with van der Waals surface area (Å²) in [5.41, 5.74) is -0.478. The van der Waals surface area contributed by atoms with E-state index in [0.29, 0.717) is 12.8 Å². The minimum absolute atomic E-state index is 0.0543. The van der Waals surface area contributed by atoms with Crippen LogP contribution in [0.4, 0.5) is 0 Å². The Balaban J connectivity index is 1.25. The second kappa shape index (κ2) is 11.3. The molecule has 16 atom stereocenters. The van der Waals surface area contributed by atoms with Crippen LogP contribution in [0.5, 0.6) is 0 Å². The highest BCUT2D eigenvalue weighted by Gasteiger charge is 2.69. The average Bonchev–Trinajstić information content (AvgIpc) is 3.17. The van der Waals surface area contributed by atoms with Crippen LogP contribution in [0, 0.1) is 34.0 Å². The van der Waals surface area contributed by atoms with Gasteiger partial charge in [-0.05, 0) is 80.6 Å². The highest BCUT2D eigenvalue weighted by molar-refractivity contribution is 5.77. The SMILES string of the molecule is C=C1C2CCC3C4(C)CCCC(C)(C(=O)OC5OC(CO)C(O)C(O)C5O)C4CCC3(C2)C1OC1OCC(O)C(O)C1O. The Morgan fingerprint density at radius 2 is 1.63 bits per heavy atom. The maximum Gasteiger partial charge on any atom is 0.314 e. The Hall–Kier alpha value is -1.19. The van der Waals surface area contributed by atoms with Gasteiger partial charge in [-0.3, -0.25) is 4.79 Å². The smallest absolute Gasteiger partial charge is 0.314 e. The summed E-state index contributed by atoms with van der Waals surface area (Å²) in [6, 6.07) is 0. The number of hydrogen-bond donors (Lipinski definition) is 7. The first-order valence-corrected chi connectivity index (χ1v) is 15.8. The maximum atomic E-state index is 14.0. The lowest BCUT2D eigenvalue weighted by Crippen LogP contribution is -2.63. The fraction of sp³-hybridized carbons (Fsp3) is 0.903. The Morgan fingerprint density at radius 1 is 0.907 bits per heavy atom. The highest BCUT2D eigenvalue weighted by atomic mass is 16.7. The van der Waals surface area contributed by atoms with Gasteiger partial charge in [-0.2, -0.15) is 0 Å². The molecule has 0 aromatic carbocycles. The minimum Gasteiger partial charge on any atom is -0.432 e. The minimum atomic E-state index is -1.66. The van der Waals surface area contributed by atoms with E-state index in [-0.39, 0.29) is 35.2 Å². The topological polar surface area (TPSA) is 196 Å². The molecule has 2 heterocycles. The number of ether oxygens (including phenoxy) is 4. The lowest BCUT2D eigenvalue weighted by Gasteiger charge is -2.64. The third kappa shape index (κ3) is 4.75. The zero-order valence-corrected chi connectivity index (χ0v) is 25.0. The molecule has 6 aliphatic rings. The molecule has 1 spiro atoms. The highest BCUT2D eigenvalue weighted by Crippen LogP contribution is 2.73. The third-order valence-corrected chi connectivity index (χ3v) is 12.4. The van der Waals surface area contributed by atoms with Crippen LogP contribution in [0.2, 0.25) is 0 Å². The van der Waals surface area contributed by atoms with Gasteiger partial charge in [0, 0.05) is 5.41 Å². The Labute approximate surface area is 251 Å². The molecule has 6 rings (SSSR count). The normalized spacial score (nSPS) is 54.9. The molecule has 16 unspecified atom stereocenters. The first-order chi connectivity index (χ1) is 20.3. The number of aliphatic hydroxyl groups excluding tert-OH is 7. The van der Waals surface area contributed by atoms with Crippen molar-refractivity contribution in [1.82, 2.24) is 0 Å². The van der Waals surface area contributed by atoms with Gasteiger partial charge in [0.05, 0.1) is 24.7 Å². The fourth-order valence-corrected chi connectivity index (χ4v) is 10.2. The number of carbonyl (C=O) groups is 1. The summed E-state index contributed by atoms with van der Waals surface area (Å²) in [5, 5.41) is 71.3. The van der Waals surface area contributed by atoms with Crippen molar-refractivity contribution < 1.29 is 59.5 Å². The van der Waals surface area contributed by atoms with Crippen molar-refractivity contribution in [1.29, 1.82) is 0 Å². The van der Waals surface area contributed by atoms with Gasteiger partial charge >= 0.3 is 5.97 Å². The first kappa shape index (κ1) is 31.8. The molecule has 0 aromatic rings. The molecule has 4 saturated carbocycles. The molecule has 2 bridgehead atoms. The number of fused-ring (bicyclic) bond motifs is 3. The number of aliphatic hydroxyl groups is 7. The lowest BCUT2D eigenvalue weighted by atomic mass is 9.40. The van der Waals surface area contributed by atoms with E-state index < -0.39 is 79.4 Å². The monoisotopic (exact) mass is 612 g/mol. The standard InChI is InChI=1S/C31H48O12/c1-14-15-5-6-19-29(2)8-4-9-30(3,28(39)43-27-24(38)22(36)21(35)17(12-32)41-27)18(29)7-10-31(19,11-15)25(14)42-26-23(37)20(34)16(33)13-40-26/h15-27,32-38H,1,4-13H2,2-3H3. The van der Waals surface area contributed by atoms with Crippen LogP contribution in [0.15, 0.2) is 12.2 Å². The predicted octanol–water partition coefficient (Wildman–Crippen LogP) is -0.267. The molecule has 6 fully saturated rings. The molecule has 43 heavy (non-hydrogen) atoms. The zero-order chi connectivity index (χ0) is 31.1. The molecular formula is C31H48O12. The van der Waals surface area contributed by atoms with Gasteiger partial charge in [0.15, 0.2) is 6.29 Å². The van der Waals surface area contributed by atoms with Crippen LogP contribution in [-0.2, 0) is 23.7 Å². The summed E-state index contributed by atoms with van der Waals surface area (Å²) in [5.74, 6) is -0.146. The molecule has 2 aliphatic heterocycles. The van der Waals surface area contributed by atoms with Crippen LogP contribution in [0.3, 0.4) is 0 Å². The first-order valence-electron chi connectivity index (χ1n) is 15.8. The molecule has 0 aromatic heterocycles.